The largest absolute Gasteiger partial charge is 0.481 e. The lowest BCUT2D eigenvalue weighted by molar-refractivity contribution is -0.0672. The molecule has 1 aromatic rings. The summed E-state index contributed by atoms with van der Waals surface area (Å²) in [4.78, 5) is 18.1. The van der Waals surface area contributed by atoms with Gasteiger partial charge in [0.1, 0.15) is 0 Å². The van der Waals surface area contributed by atoms with E-state index < -0.39 is 0 Å². The van der Waals surface area contributed by atoms with Crippen molar-refractivity contribution in [3.63, 3.8) is 0 Å². The SMILES string of the molecule is COc1ccc(NC(=O)NCCN2C[C@@H](C)O[C@@H](C)C2)cn1. The standard InChI is InChI=1S/C15H24N4O3/c1-11-9-19(10-12(2)22-11)7-6-16-15(20)18-13-4-5-14(21-3)17-8-13/h4-5,8,11-12H,6-7,9-10H2,1-3H3,(H2,16,18,20)/t11-,12+. The second kappa shape index (κ2) is 7.95. The zero-order valence-electron chi connectivity index (χ0n) is 13.3. The number of rotatable bonds is 5. The van der Waals surface area contributed by atoms with E-state index in [1.165, 1.54) is 0 Å². The zero-order valence-corrected chi connectivity index (χ0v) is 13.3. The Bertz CT molecular complexity index is 470. The van der Waals surface area contributed by atoms with Gasteiger partial charge in [0, 0.05) is 32.2 Å². The summed E-state index contributed by atoms with van der Waals surface area (Å²) in [5.41, 5.74) is 0.631. The van der Waals surface area contributed by atoms with Gasteiger partial charge in [-0.05, 0) is 19.9 Å². The van der Waals surface area contributed by atoms with Crippen LogP contribution in [0.2, 0.25) is 0 Å². The van der Waals surface area contributed by atoms with Crippen molar-refractivity contribution in [3.8, 4) is 5.88 Å². The van der Waals surface area contributed by atoms with Crippen LogP contribution >= 0.6 is 0 Å². The molecule has 0 aliphatic carbocycles. The van der Waals surface area contributed by atoms with Crippen molar-refractivity contribution >= 4 is 11.7 Å². The van der Waals surface area contributed by atoms with Crippen molar-refractivity contribution in [1.82, 2.24) is 15.2 Å². The lowest BCUT2D eigenvalue weighted by Crippen LogP contribution is -2.48. The average molecular weight is 308 g/mol. The third-order valence-electron chi connectivity index (χ3n) is 3.41. The van der Waals surface area contributed by atoms with Crippen molar-refractivity contribution in [1.29, 1.82) is 0 Å². The Balaban J connectivity index is 1.69. The van der Waals surface area contributed by atoms with Crippen LogP contribution < -0.4 is 15.4 Å². The molecule has 2 amide bonds. The predicted molar refractivity (Wildman–Crippen MR) is 84.3 cm³/mol. The second-order valence-corrected chi connectivity index (χ2v) is 5.49. The fourth-order valence-corrected chi connectivity index (χ4v) is 2.54. The fourth-order valence-electron chi connectivity index (χ4n) is 2.54. The van der Waals surface area contributed by atoms with Gasteiger partial charge in [-0.3, -0.25) is 4.90 Å². The number of methoxy groups -OCH3 is 1. The van der Waals surface area contributed by atoms with Gasteiger partial charge < -0.3 is 20.1 Å². The maximum atomic E-state index is 11.8. The van der Waals surface area contributed by atoms with E-state index >= 15 is 0 Å². The minimum absolute atomic E-state index is 0.235. The number of hydrogen-bond acceptors (Lipinski definition) is 5. The highest BCUT2D eigenvalue weighted by Gasteiger charge is 2.21. The number of hydrogen-bond donors (Lipinski definition) is 2. The van der Waals surface area contributed by atoms with E-state index in [1.54, 1.807) is 25.4 Å². The van der Waals surface area contributed by atoms with E-state index in [-0.39, 0.29) is 18.2 Å². The summed E-state index contributed by atoms with van der Waals surface area (Å²) in [6, 6.07) is 3.21. The molecule has 2 N–H and O–H groups in total. The molecule has 1 saturated heterocycles. The summed E-state index contributed by atoms with van der Waals surface area (Å²) in [5, 5.41) is 5.58. The van der Waals surface area contributed by atoms with E-state index in [2.05, 4.69) is 34.4 Å². The van der Waals surface area contributed by atoms with E-state index in [4.69, 9.17) is 9.47 Å². The molecule has 1 aliphatic heterocycles. The first-order valence-corrected chi connectivity index (χ1v) is 7.49. The maximum absolute atomic E-state index is 11.8. The summed E-state index contributed by atoms with van der Waals surface area (Å²) < 4.78 is 10.7. The Hall–Kier alpha value is -1.86. The van der Waals surface area contributed by atoms with Gasteiger partial charge in [-0.15, -0.1) is 0 Å². The number of nitrogens with one attached hydrogen (secondary N) is 2. The molecule has 7 heteroatoms. The number of aromatic nitrogens is 1. The summed E-state index contributed by atoms with van der Waals surface area (Å²) in [6.45, 7) is 7.34. The number of urea groups is 1. The van der Waals surface area contributed by atoms with Gasteiger partial charge in [-0.2, -0.15) is 0 Å². The van der Waals surface area contributed by atoms with Crippen LogP contribution in [0, 0.1) is 0 Å². The summed E-state index contributed by atoms with van der Waals surface area (Å²) in [7, 11) is 1.55. The second-order valence-electron chi connectivity index (χ2n) is 5.49. The monoisotopic (exact) mass is 308 g/mol. The van der Waals surface area contributed by atoms with Crippen LogP contribution in [0.1, 0.15) is 13.8 Å². The van der Waals surface area contributed by atoms with Crippen LogP contribution in [-0.4, -0.2) is 61.4 Å². The highest BCUT2D eigenvalue weighted by atomic mass is 16.5. The van der Waals surface area contributed by atoms with E-state index in [0.29, 0.717) is 18.1 Å². The van der Waals surface area contributed by atoms with Crippen LogP contribution in [0.5, 0.6) is 5.88 Å². The van der Waals surface area contributed by atoms with Gasteiger partial charge >= 0.3 is 6.03 Å². The molecule has 1 aliphatic rings. The van der Waals surface area contributed by atoms with Crippen LogP contribution in [-0.2, 0) is 4.74 Å². The quantitative estimate of drug-likeness (QED) is 0.858. The molecule has 0 radical (unpaired) electrons. The first-order chi connectivity index (χ1) is 10.6. The Kier molecular flexibility index (Phi) is 5.97. The molecule has 0 saturated carbocycles. The fraction of sp³-hybridized carbons (Fsp3) is 0.600. The first-order valence-electron chi connectivity index (χ1n) is 7.49. The molecule has 2 heterocycles. The lowest BCUT2D eigenvalue weighted by atomic mass is 10.2. The van der Waals surface area contributed by atoms with Gasteiger partial charge in [-0.25, -0.2) is 9.78 Å². The normalized spacial score (nSPS) is 22.1. The smallest absolute Gasteiger partial charge is 0.319 e. The number of anilines is 1. The Morgan fingerprint density at radius 1 is 1.41 bits per heavy atom. The Labute approximate surface area is 131 Å². The molecule has 2 atom stereocenters. The number of amides is 2. The Morgan fingerprint density at radius 3 is 2.73 bits per heavy atom. The molecule has 0 spiro atoms. The molecular weight excluding hydrogens is 284 g/mol. The molecule has 1 fully saturated rings. The molecule has 122 valence electrons. The van der Waals surface area contributed by atoms with Gasteiger partial charge in [0.05, 0.1) is 31.2 Å². The molecule has 0 unspecified atom stereocenters. The maximum Gasteiger partial charge on any atom is 0.319 e. The van der Waals surface area contributed by atoms with Gasteiger partial charge in [0.2, 0.25) is 5.88 Å². The number of pyridine rings is 1. The van der Waals surface area contributed by atoms with Gasteiger partial charge in [0.25, 0.3) is 0 Å². The molecule has 22 heavy (non-hydrogen) atoms. The molecule has 0 bridgehead atoms. The predicted octanol–water partition coefficient (Wildman–Crippen LogP) is 1.32. The molecular formula is C15H24N4O3. The molecule has 0 aromatic carbocycles. The van der Waals surface area contributed by atoms with Crippen molar-refractivity contribution in [2.45, 2.75) is 26.1 Å². The minimum Gasteiger partial charge on any atom is -0.481 e. The van der Waals surface area contributed by atoms with Crippen LogP contribution in [0.25, 0.3) is 0 Å². The number of ether oxygens (including phenoxy) is 2. The zero-order chi connectivity index (χ0) is 15.9. The number of morpholine rings is 1. The van der Waals surface area contributed by atoms with Gasteiger partial charge in [0.15, 0.2) is 0 Å². The molecule has 1 aromatic heterocycles. The minimum atomic E-state index is -0.235. The van der Waals surface area contributed by atoms with Crippen LogP contribution in [0.15, 0.2) is 18.3 Å². The average Bonchev–Trinajstić information content (AvgIpc) is 2.47. The number of carbonyl (C=O) groups excluding carboxylic acids is 1. The van der Waals surface area contributed by atoms with Crippen molar-refractivity contribution in [2.24, 2.45) is 0 Å². The van der Waals surface area contributed by atoms with Crippen LogP contribution in [0.4, 0.5) is 10.5 Å². The van der Waals surface area contributed by atoms with E-state index in [9.17, 15) is 4.79 Å². The summed E-state index contributed by atoms with van der Waals surface area (Å²) >= 11 is 0. The van der Waals surface area contributed by atoms with Crippen molar-refractivity contribution in [2.75, 3.05) is 38.6 Å². The van der Waals surface area contributed by atoms with E-state index in [0.717, 1.165) is 19.6 Å². The topological polar surface area (TPSA) is 75.7 Å². The highest BCUT2D eigenvalue weighted by Crippen LogP contribution is 2.11. The third-order valence-corrected chi connectivity index (χ3v) is 3.41. The first kappa shape index (κ1) is 16.5. The lowest BCUT2D eigenvalue weighted by Gasteiger charge is -2.35. The molecule has 7 nitrogen and oxygen atoms in total. The summed E-state index contributed by atoms with van der Waals surface area (Å²) in [5.74, 6) is 0.515. The van der Waals surface area contributed by atoms with Crippen molar-refractivity contribution < 1.29 is 14.3 Å². The van der Waals surface area contributed by atoms with Crippen molar-refractivity contribution in [3.05, 3.63) is 18.3 Å². The third kappa shape index (κ3) is 5.16. The Morgan fingerprint density at radius 2 is 2.14 bits per heavy atom. The van der Waals surface area contributed by atoms with Crippen LogP contribution in [0.3, 0.4) is 0 Å². The molecule has 2 rings (SSSR count). The van der Waals surface area contributed by atoms with E-state index in [1.807, 2.05) is 0 Å². The summed E-state index contributed by atoms with van der Waals surface area (Å²) in [6.07, 6.45) is 2.04. The highest BCUT2D eigenvalue weighted by molar-refractivity contribution is 5.88. The van der Waals surface area contributed by atoms with Gasteiger partial charge in [-0.1, -0.05) is 0 Å². The number of nitrogens with zero attached hydrogens (tertiary/aromatic N) is 2. The number of carbonyl (C=O) groups is 1.